The number of hydrogen-bond acceptors (Lipinski definition) is 11. The Hall–Kier alpha value is -1.79. The molecule has 0 saturated carbocycles. The van der Waals surface area contributed by atoms with Crippen LogP contribution in [0.5, 0.6) is 0 Å². The molecule has 0 N–H and O–H groups in total. The average Bonchev–Trinajstić information content (AvgIpc) is 3.39. The van der Waals surface area contributed by atoms with Crippen LogP contribution in [-0.4, -0.2) is 101 Å². The predicted octanol–water partition coefficient (Wildman–Crippen LogP) is 18.7. The Kier molecular flexibility index (Phi) is 52.7. The number of rotatable bonds is 59. The van der Waals surface area contributed by atoms with E-state index >= 15 is 0 Å². The molecule has 11 heteroatoms. The van der Waals surface area contributed by atoms with Gasteiger partial charge in [0.25, 0.3) is 0 Å². The van der Waals surface area contributed by atoms with E-state index in [2.05, 4.69) is 102 Å². The monoisotopic (exact) mass is 1140 g/mol. The molecule has 0 aromatic rings. The number of carbonyl (C=O) groups is 3. The highest BCUT2D eigenvalue weighted by molar-refractivity contribution is 5.70. The summed E-state index contributed by atoms with van der Waals surface area (Å²) < 4.78 is 42.5. The van der Waals surface area contributed by atoms with Crippen LogP contribution in [0.4, 0.5) is 0 Å². The molecule has 0 radical (unpaired) electrons. The van der Waals surface area contributed by atoms with Crippen molar-refractivity contribution in [2.24, 2.45) is 47.3 Å². The van der Waals surface area contributed by atoms with Crippen LogP contribution in [0.25, 0.3) is 0 Å². The van der Waals surface area contributed by atoms with Crippen LogP contribution in [0.3, 0.4) is 0 Å². The molecular formula is C69H135NO10. The number of esters is 3. The minimum Gasteiger partial charge on any atom is -0.466 e. The van der Waals surface area contributed by atoms with Crippen molar-refractivity contribution in [2.75, 3.05) is 59.3 Å². The van der Waals surface area contributed by atoms with E-state index in [1.807, 2.05) is 0 Å². The Morgan fingerprint density at radius 1 is 0.312 bits per heavy atom. The van der Waals surface area contributed by atoms with Gasteiger partial charge in [-0.05, 0) is 138 Å². The summed E-state index contributed by atoms with van der Waals surface area (Å²) in [6.07, 6.45) is 30.0. The van der Waals surface area contributed by atoms with Gasteiger partial charge in [0.2, 0.25) is 0 Å². The molecule has 0 saturated heterocycles. The van der Waals surface area contributed by atoms with E-state index < -0.39 is 0 Å². The molecule has 4 atom stereocenters. The summed E-state index contributed by atoms with van der Waals surface area (Å²) in [6.45, 7) is 38.1. The molecule has 0 aliphatic carbocycles. The lowest BCUT2D eigenvalue weighted by molar-refractivity contribution is -0.161. The molecule has 0 rings (SSSR count). The summed E-state index contributed by atoms with van der Waals surface area (Å²) in [5.41, 5.74) is 0. The fourth-order valence-electron chi connectivity index (χ4n) is 10.2. The smallest absolute Gasteiger partial charge is 0.306 e. The molecular weight excluding hydrogens is 1000 g/mol. The van der Waals surface area contributed by atoms with Gasteiger partial charge >= 0.3 is 17.9 Å². The summed E-state index contributed by atoms with van der Waals surface area (Å²) >= 11 is 0. The van der Waals surface area contributed by atoms with Crippen molar-refractivity contribution in [1.82, 2.24) is 4.90 Å². The van der Waals surface area contributed by atoms with Gasteiger partial charge in [-0.25, -0.2) is 0 Å². The summed E-state index contributed by atoms with van der Waals surface area (Å²) in [5.74, 6) is 4.89. The van der Waals surface area contributed by atoms with E-state index in [0.29, 0.717) is 82.6 Å². The van der Waals surface area contributed by atoms with E-state index in [4.69, 9.17) is 33.2 Å². The molecule has 476 valence electrons. The Balaban J connectivity index is 4.96. The van der Waals surface area contributed by atoms with Crippen molar-refractivity contribution in [3.63, 3.8) is 0 Å². The molecule has 80 heavy (non-hydrogen) atoms. The highest BCUT2D eigenvalue weighted by Gasteiger charge is 2.19. The summed E-state index contributed by atoms with van der Waals surface area (Å²) in [5, 5.41) is 0. The summed E-state index contributed by atoms with van der Waals surface area (Å²) in [4.78, 5) is 41.2. The van der Waals surface area contributed by atoms with E-state index in [0.717, 1.165) is 140 Å². The first-order chi connectivity index (χ1) is 38.3. The molecule has 0 fully saturated rings. The lowest BCUT2D eigenvalue weighted by Gasteiger charge is -2.21. The molecule has 0 heterocycles. The zero-order chi connectivity index (χ0) is 59.6. The maximum atomic E-state index is 13.0. The zero-order valence-electron chi connectivity index (χ0n) is 55.4. The van der Waals surface area contributed by atoms with Gasteiger partial charge in [0, 0.05) is 45.7 Å². The molecule has 11 nitrogen and oxygen atoms in total. The van der Waals surface area contributed by atoms with Crippen LogP contribution in [-0.2, 0) is 47.5 Å². The lowest BCUT2D eigenvalue weighted by atomic mass is 9.97. The normalized spacial score (nSPS) is 14.7. The standard InChI is InChI=1S/C69H135NO10/c1-15-70(16-2)49-29-40-67(73)80-64(38-21-17-19-23-50-74-65(71)41-43-68(76-52-45-60(11)34-25-30-56(3)4)77-53-46-61(12)35-26-31-57(5)6)39-22-18-20-24-51-75-66(72)42-44-69(78-54-47-62(13)36-27-32-58(7)8)79-55-48-63(14)37-28-33-59(9)10/h56-64,68-69H,15-55H2,1-14H3. The van der Waals surface area contributed by atoms with Crippen LogP contribution in [0.2, 0.25) is 0 Å². The van der Waals surface area contributed by atoms with Crippen molar-refractivity contribution in [3.8, 4) is 0 Å². The first kappa shape index (κ1) is 78.2. The number of carbonyl (C=O) groups excluding carboxylic acids is 3. The van der Waals surface area contributed by atoms with Gasteiger partial charge in [0.05, 0.1) is 26.1 Å². The van der Waals surface area contributed by atoms with Crippen LogP contribution in [0.15, 0.2) is 0 Å². The van der Waals surface area contributed by atoms with E-state index in [1.165, 1.54) is 77.0 Å². The topological polar surface area (TPSA) is 119 Å². The number of unbranched alkanes of at least 4 members (excludes halogenated alkanes) is 6. The maximum Gasteiger partial charge on any atom is 0.306 e. The first-order valence-electron chi connectivity index (χ1n) is 34.0. The van der Waals surface area contributed by atoms with Crippen LogP contribution in [0, 0.1) is 47.3 Å². The Morgan fingerprint density at radius 3 is 0.950 bits per heavy atom. The third kappa shape index (κ3) is 53.0. The van der Waals surface area contributed by atoms with Gasteiger partial charge in [-0.2, -0.15) is 0 Å². The predicted molar refractivity (Wildman–Crippen MR) is 335 cm³/mol. The molecule has 0 aromatic heterocycles. The van der Waals surface area contributed by atoms with Crippen molar-refractivity contribution in [3.05, 3.63) is 0 Å². The van der Waals surface area contributed by atoms with E-state index in [9.17, 15) is 14.4 Å². The fraction of sp³-hybridized carbons (Fsp3) is 0.957. The lowest BCUT2D eigenvalue weighted by Crippen LogP contribution is -2.25. The third-order valence-electron chi connectivity index (χ3n) is 16.2. The Morgan fingerprint density at radius 2 is 0.637 bits per heavy atom. The van der Waals surface area contributed by atoms with E-state index in [-0.39, 0.29) is 49.4 Å². The molecule has 0 aliphatic heterocycles. The molecule has 0 aromatic carbocycles. The van der Waals surface area contributed by atoms with Gasteiger partial charge in [-0.15, -0.1) is 0 Å². The van der Waals surface area contributed by atoms with Crippen LogP contribution < -0.4 is 0 Å². The largest absolute Gasteiger partial charge is 0.466 e. The van der Waals surface area contributed by atoms with E-state index in [1.54, 1.807) is 0 Å². The van der Waals surface area contributed by atoms with Crippen molar-refractivity contribution in [1.29, 1.82) is 0 Å². The van der Waals surface area contributed by atoms with Crippen LogP contribution in [0.1, 0.15) is 302 Å². The maximum absolute atomic E-state index is 13.0. The first-order valence-corrected chi connectivity index (χ1v) is 34.0. The number of ether oxygens (including phenoxy) is 7. The highest BCUT2D eigenvalue weighted by atomic mass is 16.7. The highest BCUT2D eigenvalue weighted by Crippen LogP contribution is 2.22. The Bertz CT molecular complexity index is 1250. The Labute approximate surface area is 496 Å². The van der Waals surface area contributed by atoms with Gasteiger partial charge in [0.15, 0.2) is 12.6 Å². The average molecular weight is 1140 g/mol. The molecule has 0 amide bonds. The van der Waals surface area contributed by atoms with Crippen molar-refractivity contribution >= 4 is 17.9 Å². The molecule has 4 unspecified atom stereocenters. The second kappa shape index (κ2) is 53.9. The fourth-order valence-corrected chi connectivity index (χ4v) is 10.2. The number of hydrogen-bond donors (Lipinski definition) is 0. The SMILES string of the molecule is CCN(CC)CCCC(=O)OC(CCCCCCOC(=O)CCC(OCCC(C)CCCC(C)C)OCCC(C)CCCC(C)C)CCCCCCOC(=O)CCC(OCCC(C)CCCC(C)C)OCCC(C)CCCC(C)C. The quantitative estimate of drug-likeness (QED) is 0.0251. The van der Waals surface area contributed by atoms with Gasteiger partial charge < -0.3 is 38.1 Å². The van der Waals surface area contributed by atoms with Crippen molar-refractivity contribution < 1.29 is 47.5 Å². The number of nitrogens with zero attached hydrogens (tertiary/aromatic N) is 1. The summed E-state index contributed by atoms with van der Waals surface area (Å²) in [6, 6.07) is 0. The molecule has 0 aliphatic rings. The molecule has 0 bridgehead atoms. The minimum atomic E-state index is -0.390. The van der Waals surface area contributed by atoms with Gasteiger partial charge in [-0.1, -0.05) is 200 Å². The van der Waals surface area contributed by atoms with Crippen LogP contribution >= 0.6 is 0 Å². The summed E-state index contributed by atoms with van der Waals surface area (Å²) in [7, 11) is 0. The third-order valence-corrected chi connectivity index (χ3v) is 16.2. The minimum absolute atomic E-state index is 0.103. The van der Waals surface area contributed by atoms with Gasteiger partial charge in [0.1, 0.15) is 6.10 Å². The van der Waals surface area contributed by atoms with Gasteiger partial charge in [-0.3, -0.25) is 14.4 Å². The second-order valence-corrected chi connectivity index (χ2v) is 26.4. The second-order valence-electron chi connectivity index (χ2n) is 26.4. The van der Waals surface area contributed by atoms with Crippen molar-refractivity contribution in [2.45, 2.75) is 321 Å². The molecule has 0 spiro atoms. The zero-order valence-corrected chi connectivity index (χ0v) is 55.4.